The third-order valence-corrected chi connectivity index (χ3v) is 3.82. The van der Waals surface area contributed by atoms with Crippen molar-refractivity contribution in [1.82, 2.24) is 5.32 Å². The van der Waals surface area contributed by atoms with E-state index in [1.165, 1.54) is 28.4 Å². The Hall–Kier alpha value is -3.29. The van der Waals surface area contributed by atoms with Crippen LogP contribution in [0.1, 0.15) is 5.56 Å². The molecule has 146 valence electrons. The zero-order chi connectivity index (χ0) is 19.8. The lowest BCUT2D eigenvalue weighted by molar-refractivity contribution is 0.251. The third-order valence-electron chi connectivity index (χ3n) is 3.82. The molecule has 27 heavy (non-hydrogen) atoms. The highest BCUT2D eigenvalue weighted by molar-refractivity contribution is 5.89. The van der Waals surface area contributed by atoms with Crippen LogP contribution in [0.25, 0.3) is 0 Å². The van der Waals surface area contributed by atoms with Crippen molar-refractivity contribution in [1.29, 1.82) is 0 Å². The van der Waals surface area contributed by atoms with Gasteiger partial charge in [0.2, 0.25) is 5.75 Å². The number of carbonyl (C=O) groups is 1. The van der Waals surface area contributed by atoms with Crippen LogP contribution in [0.2, 0.25) is 0 Å². The fourth-order valence-corrected chi connectivity index (χ4v) is 2.51. The van der Waals surface area contributed by atoms with Crippen LogP contribution in [0.5, 0.6) is 28.7 Å². The van der Waals surface area contributed by atoms with Gasteiger partial charge in [0.25, 0.3) is 0 Å². The van der Waals surface area contributed by atoms with E-state index in [0.717, 1.165) is 5.56 Å². The predicted molar refractivity (Wildman–Crippen MR) is 102 cm³/mol. The van der Waals surface area contributed by atoms with Crippen molar-refractivity contribution in [3.8, 4) is 28.7 Å². The first-order valence-corrected chi connectivity index (χ1v) is 8.12. The lowest BCUT2D eigenvalue weighted by Gasteiger charge is -2.15. The van der Waals surface area contributed by atoms with Crippen LogP contribution in [0, 0.1) is 0 Å². The van der Waals surface area contributed by atoms with E-state index in [2.05, 4.69) is 10.6 Å². The summed E-state index contributed by atoms with van der Waals surface area (Å²) < 4.78 is 26.3. The largest absolute Gasteiger partial charge is 0.493 e. The standard InChI is InChI=1S/C19H24N2O6/c1-23-14-7-6-13(10-15(14)24-2)21-19(22)20-11-12-8-16(25-3)18(27-5)17(9-12)26-4/h6-10H,11H2,1-5H3,(H2,20,21,22). The maximum atomic E-state index is 12.2. The van der Waals surface area contributed by atoms with Gasteiger partial charge in [0.15, 0.2) is 23.0 Å². The molecule has 0 aliphatic carbocycles. The summed E-state index contributed by atoms with van der Waals surface area (Å²) >= 11 is 0. The SMILES string of the molecule is COc1ccc(NC(=O)NCc2cc(OC)c(OC)c(OC)c2)cc1OC. The van der Waals surface area contributed by atoms with Crippen LogP contribution < -0.4 is 34.3 Å². The molecule has 0 saturated heterocycles. The molecular weight excluding hydrogens is 352 g/mol. The summed E-state index contributed by atoms with van der Waals surface area (Å²) in [6.45, 7) is 0.274. The molecular formula is C19H24N2O6. The molecule has 2 aromatic carbocycles. The lowest BCUT2D eigenvalue weighted by atomic mass is 10.2. The van der Waals surface area contributed by atoms with Gasteiger partial charge < -0.3 is 34.3 Å². The fourth-order valence-electron chi connectivity index (χ4n) is 2.51. The molecule has 0 radical (unpaired) electrons. The number of rotatable bonds is 8. The van der Waals surface area contributed by atoms with Crippen molar-refractivity contribution in [3.63, 3.8) is 0 Å². The maximum absolute atomic E-state index is 12.2. The minimum absolute atomic E-state index is 0.274. The molecule has 0 aliphatic heterocycles. The summed E-state index contributed by atoms with van der Waals surface area (Å²) in [5.74, 6) is 2.65. The number of urea groups is 1. The smallest absolute Gasteiger partial charge is 0.319 e. The summed E-state index contributed by atoms with van der Waals surface area (Å²) in [6.07, 6.45) is 0. The number of amides is 2. The second-order valence-electron chi connectivity index (χ2n) is 5.41. The first-order chi connectivity index (χ1) is 13.1. The Kier molecular flexibility index (Phi) is 6.99. The maximum Gasteiger partial charge on any atom is 0.319 e. The summed E-state index contributed by atoms with van der Waals surface area (Å²) in [6, 6.07) is 8.30. The number of ether oxygens (including phenoxy) is 5. The van der Waals surface area contributed by atoms with Crippen LogP contribution in [0.15, 0.2) is 30.3 Å². The van der Waals surface area contributed by atoms with Crippen molar-refractivity contribution < 1.29 is 28.5 Å². The van der Waals surface area contributed by atoms with Crippen LogP contribution in [0.4, 0.5) is 10.5 Å². The first-order valence-electron chi connectivity index (χ1n) is 8.12. The van der Waals surface area contributed by atoms with Crippen molar-refractivity contribution >= 4 is 11.7 Å². The number of hydrogen-bond acceptors (Lipinski definition) is 6. The Morgan fingerprint density at radius 1 is 0.778 bits per heavy atom. The van der Waals surface area contributed by atoms with Gasteiger partial charge in [0.1, 0.15) is 0 Å². The zero-order valence-corrected chi connectivity index (χ0v) is 16.0. The molecule has 0 bridgehead atoms. The van der Waals surface area contributed by atoms with E-state index in [1.54, 1.807) is 37.4 Å². The molecule has 0 spiro atoms. The topological polar surface area (TPSA) is 87.3 Å². The minimum Gasteiger partial charge on any atom is -0.493 e. The first kappa shape index (κ1) is 20.0. The van der Waals surface area contributed by atoms with Crippen molar-refractivity contribution in [2.45, 2.75) is 6.54 Å². The van der Waals surface area contributed by atoms with Gasteiger partial charge in [-0.1, -0.05) is 0 Å². The van der Waals surface area contributed by atoms with Crippen molar-refractivity contribution in [3.05, 3.63) is 35.9 Å². The molecule has 0 fully saturated rings. The molecule has 8 heteroatoms. The van der Waals surface area contributed by atoms with Gasteiger partial charge in [0.05, 0.1) is 35.5 Å². The van der Waals surface area contributed by atoms with Crippen LogP contribution in [0.3, 0.4) is 0 Å². The lowest BCUT2D eigenvalue weighted by Crippen LogP contribution is -2.28. The quantitative estimate of drug-likeness (QED) is 0.736. The Labute approximate surface area is 158 Å². The number of anilines is 1. The van der Waals surface area contributed by atoms with Gasteiger partial charge in [-0.05, 0) is 29.8 Å². The van der Waals surface area contributed by atoms with Crippen LogP contribution in [-0.2, 0) is 6.54 Å². The second-order valence-corrected chi connectivity index (χ2v) is 5.41. The van der Waals surface area contributed by atoms with Gasteiger partial charge in [-0.15, -0.1) is 0 Å². The van der Waals surface area contributed by atoms with Gasteiger partial charge in [-0.3, -0.25) is 0 Å². The van der Waals surface area contributed by atoms with Gasteiger partial charge in [-0.2, -0.15) is 0 Å². The average Bonchev–Trinajstić information content (AvgIpc) is 2.71. The molecule has 0 atom stereocenters. The van der Waals surface area contributed by atoms with Crippen LogP contribution >= 0.6 is 0 Å². The predicted octanol–water partition coefficient (Wildman–Crippen LogP) is 3.05. The summed E-state index contributed by atoms with van der Waals surface area (Å²) in [5, 5.41) is 5.52. The number of nitrogens with one attached hydrogen (secondary N) is 2. The van der Waals surface area contributed by atoms with Gasteiger partial charge in [-0.25, -0.2) is 4.79 Å². The molecule has 0 unspecified atom stereocenters. The number of methoxy groups -OCH3 is 5. The van der Waals surface area contributed by atoms with Crippen molar-refractivity contribution in [2.24, 2.45) is 0 Å². The third kappa shape index (κ3) is 4.87. The molecule has 0 aromatic heterocycles. The summed E-state index contributed by atoms with van der Waals surface area (Å²) in [4.78, 5) is 12.2. The molecule has 2 aromatic rings. The van der Waals surface area contributed by atoms with E-state index in [4.69, 9.17) is 23.7 Å². The molecule has 0 heterocycles. The van der Waals surface area contributed by atoms with E-state index in [-0.39, 0.29) is 12.6 Å². The van der Waals surface area contributed by atoms with E-state index in [0.29, 0.717) is 34.4 Å². The summed E-state index contributed by atoms with van der Waals surface area (Å²) in [5.41, 5.74) is 1.38. The highest BCUT2D eigenvalue weighted by Gasteiger charge is 2.14. The summed E-state index contributed by atoms with van der Waals surface area (Å²) in [7, 11) is 7.70. The van der Waals surface area contributed by atoms with E-state index in [1.807, 2.05) is 0 Å². The Bertz CT molecular complexity index is 769. The van der Waals surface area contributed by atoms with Crippen molar-refractivity contribution in [2.75, 3.05) is 40.9 Å². The molecule has 0 aliphatic rings. The molecule has 8 nitrogen and oxygen atoms in total. The number of hydrogen-bond donors (Lipinski definition) is 2. The van der Waals surface area contributed by atoms with E-state index < -0.39 is 0 Å². The monoisotopic (exact) mass is 376 g/mol. The molecule has 0 saturated carbocycles. The van der Waals surface area contributed by atoms with Crippen LogP contribution in [-0.4, -0.2) is 41.6 Å². The number of carbonyl (C=O) groups excluding carboxylic acids is 1. The molecule has 2 N–H and O–H groups in total. The fraction of sp³-hybridized carbons (Fsp3) is 0.316. The Morgan fingerprint density at radius 3 is 1.89 bits per heavy atom. The van der Waals surface area contributed by atoms with Gasteiger partial charge in [0, 0.05) is 18.3 Å². The second kappa shape index (κ2) is 9.42. The highest BCUT2D eigenvalue weighted by Crippen LogP contribution is 2.38. The normalized spacial score (nSPS) is 9.96. The highest BCUT2D eigenvalue weighted by atomic mass is 16.5. The Balaban J connectivity index is 2.05. The van der Waals surface area contributed by atoms with E-state index in [9.17, 15) is 4.79 Å². The molecule has 2 rings (SSSR count). The van der Waals surface area contributed by atoms with Gasteiger partial charge >= 0.3 is 6.03 Å². The number of benzene rings is 2. The average molecular weight is 376 g/mol. The minimum atomic E-state index is -0.365. The Morgan fingerprint density at radius 2 is 1.37 bits per heavy atom. The van der Waals surface area contributed by atoms with E-state index >= 15 is 0 Å². The molecule has 2 amide bonds. The zero-order valence-electron chi connectivity index (χ0n) is 16.0.